The standard InChI is InChI=1S/C18H22O3/c1-11(2)7-6-8-12(3)15-16(19)13-9-4-5-10-14(13)17(20)18(15)21/h4-5,9-12,19H,6-8H2,1-3H3. The first kappa shape index (κ1) is 15.5. The maximum Gasteiger partial charge on any atom is 0.234 e. The first-order valence-electron chi connectivity index (χ1n) is 7.55. The van der Waals surface area contributed by atoms with Crippen LogP contribution in [0.4, 0.5) is 0 Å². The van der Waals surface area contributed by atoms with Crippen LogP contribution in [-0.2, 0) is 4.79 Å². The highest BCUT2D eigenvalue weighted by Crippen LogP contribution is 2.33. The molecule has 1 aromatic rings. The average molecular weight is 286 g/mol. The molecular formula is C18H22O3. The van der Waals surface area contributed by atoms with Crippen LogP contribution in [0.15, 0.2) is 29.8 Å². The third-order valence-corrected chi connectivity index (χ3v) is 4.04. The number of carbonyl (C=O) groups excluding carboxylic acids is 2. The van der Waals surface area contributed by atoms with Gasteiger partial charge >= 0.3 is 0 Å². The zero-order chi connectivity index (χ0) is 15.6. The summed E-state index contributed by atoms with van der Waals surface area (Å²) in [5.74, 6) is -0.567. The van der Waals surface area contributed by atoms with Crippen LogP contribution >= 0.6 is 0 Å². The number of aliphatic hydroxyl groups excluding tert-OH is 1. The largest absolute Gasteiger partial charge is 0.507 e. The van der Waals surface area contributed by atoms with Gasteiger partial charge in [0, 0.05) is 16.7 Å². The maximum absolute atomic E-state index is 12.3. The summed E-state index contributed by atoms with van der Waals surface area (Å²) in [5, 5.41) is 10.4. The summed E-state index contributed by atoms with van der Waals surface area (Å²) in [7, 11) is 0. The van der Waals surface area contributed by atoms with E-state index in [-0.39, 0.29) is 17.3 Å². The maximum atomic E-state index is 12.3. The molecule has 3 nitrogen and oxygen atoms in total. The predicted octanol–water partition coefficient (Wildman–Crippen LogP) is 4.18. The van der Waals surface area contributed by atoms with Crippen molar-refractivity contribution in [2.45, 2.75) is 40.0 Å². The van der Waals surface area contributed by atoms with Gasteiger partial charge in [0.1, 0.15) is 5.76 Å². The molecule has 0 spiro atoms. The summed E-state index contributed by atoms with van der Waals surface area (Å²) in [5.41, 5.74) is 1.06. The van der Waals surface area contributed by atoms with Crippen molar-refractivity contribution in [1.82, 2.24) is 0 Å². The number of hydrogen-bond acceptors (Lipinski definition) is 3. The van der Waals surface area contributed by atoms with Crippen molar-refractivity contribution in [2.75, 3.05) is 0 Å². The van der Waals surface area contributed by atoms with Crippen molar-refractivity contribution in [3.05, 3.63) is 41.0 Å². The van der Waals surface area contributed by atoms with Gasteiger partial charge in [-0.1, -0.05) is 57.9 Å². The normalized spacial score (nSPS) is 16.4. The van der Waals surface area contributed by atoms with Gasteiger partial charge in [-0.05, 0) is 18.3 Å². The van der Waals surface area contributed by atoms with Gasteiger partial charge in [-0.15, -0.1) is 0 Å². The van der Waals surface area contributed by atoms with E-state index in [4.69, 9.17) is 0 Å². The number of aliphatic hydroxyl groups is 1. The summed E-state index contributed by atoms with van der Waals surface area (Å²) < 4.78 is 0. The Bertz CT molecular complexity index is 596. The molecular weight excluding hydrogens is 264 g/mol. The third-order valence-electron chi connectivity index (χ3n) is 4.04. The molecule has 0 saturated heterocycles. The van der Waals surface area contributed by atoms with Crippen LogP contribution in [0, 0.1) is 11.8 Å². The van der Waals surface area contributed by atoms with E-state index in [0.717, 1.165) is 19.3 Å². The summed E-state index contributed by atoms with van der Waals surface area (Å²) in [6.45, 7) is 6.23. The molecule has 3 heteroatoms. The smallest absolute Gasteiger partial charge is 0.234 e. The van der Waals surface area contributed by atoms with Crippen molar-refractivity contribution in [1.29, 1.82) is 0 Å². The highest BCUT2D eigenvalue weighted by Gasteiger charge is 2.34. The van der Waals surface area contributed by atoms with E-state index < -0.39 is 11.6 Å². The fraction of sp³-hybridized carbons (Fsp3) is 0.444. The molecule has 0 radical (unpaired) electrons. The van der Waals surface area contributed by atoms with Crippen molar-refractivity contribution in [2.24, 2.45) is 11.8 Å². The summed E-state index contributed by atoms with van der Waals surface area (Å²) in [6, 6.07) is 6.75. The molecule has 112 valence electrons. The van der Waals surface area contributed by atoms with E-state index in [9.17, 15) is 14.7 Å². The summed E-state index contributed by atoms with van der Waals surface area (Å²) >= 11 is 0. The number of allylic oxidation sites excluding steroid dienone is 1. The highest BCUT2D eigenvalue weighted by molar-refractivity contribution is 6.52. The Morgan fingerprint density at radius 3 is 2.19 bits per heavy atom. The molecule has 1 unspecified atom stereocenters. The monoisotopic (exact) mass is 286 g/mol. The molecule has 2 rings (SSSR count). The second-order valence-electron chi connectivity index (χ2n) is 6.19. The highest BCUT2D eigenvalue weighted by atomic mass is 16.3. The Balaban J connectivity index is 2.29. The van der Waals surface area contributed by atoms with E-state index in [1.807, 2.05) is 6.92 Å². The molecule has 0 heterocycles. The lowest BCUT2D eigenvalue weighted by Gasteiger charge is -2.22. The van der Waals surface area contributed by atoms with E-state index in [0.29, 0.717) is 17.0 Å². The molecule has 0 bridgehead atoms. The summed E-state index contributed by atoms with van der Waals surface area (Å²) in [4.78, 5) is 24.4. The topological polar surface area (TPSA) is 54.4 Å². The lowest BCUT2D eigenvalue weighted by molar-refractivity contribution is -0.112. The number of rotatable bonds is 5. The van der Waals surface area contributed by atoms with Gasteiger partial charge < -0.3 is 5.11 Å². The molecule has 1 N–H and O–H groups in total. The minimum atomic E-state index is -0.553. The quantitative estimate of drug-likeness (QED) is 0.826. The van der Waals surface area contributed by atoms with Crippen LogP contribution in [0.2, 0.25) is 0 Å². The van der Waals surface area contributed by atoms with Crippen LogP contribution in [0.25, 0.3) is 5.76 Å². The van der Waals surface area contributed by atoms with Crippen LogP contribution in [0.3, 0.4) is 0 Å². The average Bonchev–Trinajstić information content (AvgIpc) is 2.45. The Labute approximate surface area is 125 Å². The number of ketones is 2. The minimum Gasteiger partial charge on any atom is -0.507 e. The SMILES string of the molecule is CC(C)CCCC(C)C1=C(O)c2ccccc2C(=O)C1=O. The van der Waals surface area contributed by atoms with Gasteiger partial charge in [0.25, 0.3) is 0 Å². The molecule has 0 saturated carbocycles. The fourth-order valence-corrected chi connectivity index (χ4v) is 2.82. The van der Waals surface area contributed by atoms with Crippen molar-refractivity contribution in [3.63, 3.8) is 0 Å². The van der Waals surface area contributed by atoms with Crippen molar-refractivity contribution >= 4 is 17.3 Å². The van der Waals surface area contributed by atoms with E-state index in [2.05, 4.69) is 13.8 Å². The Hall–Kier alpha value is -1.90. The minimum absolute atomic E-state index is 0.0211. The molecule has 0 amide bonds. The number of fused-ring (bicyclic) bond motifs is 1. The fourth-order valence-electron chi connectivity index (χ4n) is 2.82. The number of carbonyl (C=O) groups is 2. The first-order valence-corrected chi connectivity index (χ1v) is 7.55. The van der Waals surface area contributed by atoms with Crippen molar-refractivity contribution in [3.8, 4) is 0 Å². The predicted molar refractivity (Wildman–Crippen MR) is 83.2 cm³/mol. The number of Topliss-reactive ketones (excluding diaryl/α,β-unsaturated/α-hetero) is 2. The second kappa shape index (κ2) is 6.25. The van der Waals surface area contributed by atoms with E-state index in [1.54, 1.807) is 24.3 Å². The molecule has 0 aromatic heterocycles. The zero-order valence-corrected chi connectivity index (χ0v) is 12.8. The zero-order valence-electron chi connectivity index (χ0n) is 12.8. The van der Waals surface area contributed by atoms with Gasteiger partial charge in [-0.2, -0.15) is 0 Å². The lowest BCUT2D eigenvalue weighted by Crippen LogP contribution is -2.27. The summed E-state index contributed by atoms with van der Waals surface area (Å²) in [6.07, 6.45) is 2.87. The molecule has 1 atom stereocenters. The molecule has 0 fully saturated rings. The number of benzene rings is 1. The van der Waals surface area contributed by atoms with Crippen LogP contribution < -0.4 is 0 Å². The van der Waals surface area contributed by atoms with Crippen LogP contribution in [-0.4, -0.2) is 16.7 Å². The van der Waals surface area contributed by atoms with Gasteiger partial charge in [-0.25, -0.2) is 0 Å². The Morgan fingerprint density at radius 2 is 1.57 bits per heavy atom. The van der Waals surface area contributed by atoms with Crippen LogP contribution in [0.1, 0.15) is 56.0 Å². The first-order chi connectivity index (χ1) is 9.93. The van der Waals surface area contributed by atoms with E-state index in [1.165, 1.54) is 0 Å². The third kappa shape index (κ3) is 3.07. The Kier molecular flexibility index (Phi) is 4.61. The van der Waals surface area contributed by atoms with E-state index >= 15 is 0 Å². The van der Waals surface area contributed by atoms with Gasteiger partial charge in [-0.3, -0.25) is 9.59 Å². The van der Waals surface area contributed by atoms with Gasteiger partial charge in [0.15, 0.2) is 0 Å². The molecule has 1 aliphatic rings. The van der Waals surface area contributed by atoms with Crippen molar-refractivity contribution < 1.29 is 14.7 Å². The molecule has 1 aromatic carbocycles. The molecule has 21 heavy (non-hydrogen) atoms. The van der Waals surface area contributed by atoms with Gasteiger partial charge in [0.05, 0.1) is 0 Å². The molecule has 0 aliphatic heterocycles. The second-order valence-corrected chi connectivity index (χ2v) is 6.19. The lowest BCUT2D eigenvalue weighted by atomic mass is 9.81. The van der Waals surface area contributed by atoms with Gasteiger partial charge in [0.2, 0.25) is 11.6 Å². The van der Waals surface area contributed by atoms with Crippen LogP contribution in [0.5, 0.6) is 0 Å². The molecule has 1 aliphatic carbocycles. The number of hydrogen-bond donors (Lipinski definition) is 1. The Morgan fingerprint density at radius 1 is 0.952 bits per heavy atom.